The highest BCUT2D eigenvalue weighted by Gasteiger charge is 2.56. The van der Waals surface area contributed by atoms with Gasteiger partial charge in [-0.05, 0) is 80.0 Å². The second kappa shape index (κ2) is 15.3. The summed E-state index contributed by atoms with van der Waals surface area (Å²) in [6.07, 6.45) is 8.98. The predicted octanol–water partition coefficient (Wildman–Crippen LogP) is 8.32. The molecule has 11 heteroatoms. The summed E-state index contributed by atoms with van der Waals surface area (Å²) < 4.78 is 46.0. The van der Waals surface area contributed by atoms with Crippen molar-refractivity contribution >= 4 is 46.7 Å². The van der Waals surface area contributed by atoms with E-state index in [2.05, 4.69) is 28.2 Å². The number of benzene rings is 3. The molecule has 0 unspecified atom stereocenters. The van der Waals surface area contributed by atoms with Crippen LogP contribution in [-0.2, 0) is 9.59 Å². The fraction of sp³-hybridized carbons (Fsp3) is 0.343. The SMILES string of the molecule is COc1cc2c(Oc3ccc(NC(=O)C4(C(=O)Nc5ccc(F)cc5)CC4)cc3F)ccnc2cc1OCCCCCCCCS. The van der Waals surface area contributed by atoms with Crippen LogP contribution in [0.5, 0.6) is 23.0 Å². The van der Waals surface area contributed by atoms with E-state index in [1.54, 1.807) is 31.5 Å². The molecule has 5 rings (SSSR count). The molecule has 0 spiro atoms. The number of fused-ring (bicyclic) bond motifs is 1. The van der Waals surface area contributed by atoms with Gasteiger partial charge in [-0.2, -0.15) is 12.6 Å². The molecular formula is C35H37F2N3O5S. The maximum absolute atomic E-state index is 15.2. The number of unbranched alkanes of at least 4 members (excludes halogenated alkanes) is 5. The highest BCUT2D eigenvalue weighted by Crippen LogP contribution is 2.47. The highest BCUT2D eigenvalue weighted by molar-refractivity contribution is 7.80. The fourth-order valence-electron chi connectivity index (χ4n) is 5.09. The number of carbonyl (C=O) groups is 2. The van der Waals surface area contributed by atoms with Crippen LogP contribution in [-0.4, -0.2) is 36.3 Å². The Labute approximate surface area is 272 Å². The third-order valence-corrected chi connectivity index (χ3v) is 8.24. The average molecular weight is 650 g/mol. The lowest BCUT2D eigenvalue weighted by Gasteiger charge is -2.16. The molecule has 2 N–H and O–H groups in total. The van der Waals surface area contributed by atoms with E-state index in [0.717, 1.165) is 37.5 Å². The van der Waals surface area contributed by atoms with E-state index >= 15 is 4.39 Å². The van der Waals surface area contributed by atoms with Gasteiger partial charge in [0.2, 0.25) is 11.8 Å². The topological polar surface area (TPSA) is 98.8 Å². The third-order valence-electron chi connectivity index (χ3n) is 7.93. The predicted molar refractivity (Wildman–Crippen MR) is 177 cm³/mol. The van der Waals surface area contributed by atoms with Crippen molar-refractivity contribution in [2.45, 2.75) is 51.4 Å². The summed E-state index contributed by atoms with van der Waals surface area (Å²) >= 11 is 4.25. The number of nitrogens with zero attached hydrogens (tertiary/aromatic N) is 1. The van der Waals surface area contributed by atoms with E-state index in [4.69, 9.17) is 14.2 Å². The number of nitrogens with one attached hydrogen (secondary N) is 2. The van der Waals surface area contributed by atoms with Gasteiger partial charge in [0.25, 0.3) is 0 Å². The Hall–Kier alpha value is -4.38. The van der Waals surface area contributed by atoms with Crippen LogP contribution in [0.2, 0.25) is 0 Å². The van der Waals surface area contributed by atoms with Gasteiger partial charge in [-0.3, -0.25) is 14.6 Å². The number of thiol groups is 1. The number of carbonyl (C=O) groups excluding carboxylic acids is 2. The maximum atomic E-state index is 15.2. The summed E-state index contributed by atoms with van der Waals surface area (Å²) in [5.41, 5.74) is -0.122. The number of hydrogen-bond acceptors (Lipinski definition) is 7. The molecule has 1 fully saturated rings. The molecule has 2 amide bonds. The van der Waals surface area contributed by atoms with Gasteiger partial charge in [-0.1, -0.05) is 25.7 Å². The standard InChI is InChI=1S/C35H37F2N3O5S/c1-43-31-21-26-28(22-32(31)44-18-6-4-2-3-5-7-19-46)38-17-14-29(26)45-30-13-12-25(20-27(30)37)40-34(42)35(15-16-35)33(41)39-24-10-8-23(36)9-11-24/h8-14,17,20-22,46H,2-7,15-16,18-19H2,1H3,(H,39,41)(H,40,42). The van der Waals surface area contributed by atoms with Crippen molar-refractivity contribution in [2.24, 2.45) is 5.41 Å². The van der Waals surface area contributed by atoms with Crippen LogP contribution in [0, 0.1) is 17.0 Å². The number of amides is 2. The van der Waals surface area contributed by atoms with Gasteiger partial charge in [0.15, 0.2) is 23.1 Å². The Balaban J connectivity index is 1.21. The zero-order valence-corrected chi connectivity index (χ0v) is 26.5. The zero-order valence-electron chi connectivity index (χ0n) is 25.6. The molecule has 0 aliphatic heterocycles. The first-order valence-corrected chi connectivity index (χ1v) is 16.0. The molecule has 8 nitrogen and oxygen atoms in total. The normalized spacial score (nSPS) is 13.2. The summed E-state index contributed by atoms with van der Waals surface area (Å²) in [6, 6.07) is 14.5. The highest BCUT2D eigenvalue weighted by atomic mass is 32.1. The Kier molecular flexibility index (Phi) is 11.0. The number of ether oxygens (including phenoxy) is 3. The minimum Gasteiger partial charge on any atom is -0.493 e. The van der Waals surface area contributed by atoms with E-state index in [9.17, 15) is 14.0 Å². The number of halogens is 2. The van der Waals surface area contributed by atoms with E-state index < -0.39 is 28.9 Å². The molecule has 1 aliphatic rings. The van der Waals surface area contributed by atoms with Crippen molar-refractivity contribution in [1.29, 1.82) is 0 Å². The maximum Gasteiger partial charge on any atom is 0.240 e. The lowest BCUT2D eigenvalue weighted by atomic mass is 10.0. The van der Waals surface area contributed by atoms with Gasteiger partial charge < -0.3 is 24.8 Å². The number of methoxy groups -OCH3 is 1. The van der Waals surface area contributed by atoms with Crippen molar-refractivity contribution in [2.75, 3.05) is 30.1 Å². The fourth-order valence-corrected chi connectivity index (χ4v) is 5.31. The van der Waals surface area contributed by atoms with Gasteiger partial charge in [0.1, 0.15) is 17.0 Å². The van der Waals surface area contributed by atoms with Crippen LogP contribution < -0.4 is 24.8 Å². The minimum atomic E-state index is -1.27. The van der Waals surface area contributed by atoms with Crippen LogP contribution in [0.4, 0.5) is 20.2 Å². The number of rotatable bonds is 16. The molecule has 0 atom stereocenters. The van der Waals surface area contributed by atoms with Gasteiger partial charge >= 0.3 is 0 Å². The summed E-state index contributed by atoms with van der Waals surface area (Å²) in [7, 11) is 1.55. The van der Waals surface area contributed by atoms with Crippen molar-refractivity contribution in [3.05, 3.63) is 78.5 Å². The Morgan fingerprint density at radius 3 is 2.15 bits per heavy atom. The van der Waals surface area contributed by atoms with Crippen molar-refractivity contribution in [3.63, 3.8) is 0 Å². The average Bonchev–Trinajstić information content (AvgIpc) is 3.87. The van der Waals surface area contributed by atoms with Gasteiger partial charge in [0, 0.05) is 35.1 Å². The number of pyridine rings is 1. The number of anilines is 2. The summed E-state index contributed by atoms with van der Waals surface area (Å²) in [6.45, 7) is 0.554. The minimum absolute atomic E-state index is 0.0608. The molecule has 0 bridgehead atoms. The second-order valence-electron chi connectivity index (χ2n) is 11.3. The van der Waals surface area contributed by atoms with Crippen LogP contribution in [0.1, 0.15) is 51.4 Å². The van der Waals surface area contributed by atoms with Crippen molar-refractivity contribution in [1.82, 2.24) is 4.98 Å². The number of hydrogen-bond donors (Lipinski definition) is 3. The summed E-state index contributed by atoms with van der Waals surface area (Å²) in [5.74, 6) is 0.121. The lowest BCUT2D eigenvalue weighted by molar-refractivity contribution is -0.131. The van der Waals surface area contributed by atoms with Crippen LogP contribution in [0.3, 0.4) is 0 Å². The summed E-state index contributed by atoms with van der Waals surface area (Å²) in [4.78, 5) is 30.3. The molecule has 1 aromatic heterocycles. The molecule has 0 saturated heterocycles. The quantitative estimate of drug-likeness (QED) is 0.0642. The molecule has 3 aromatic carbocycles. The van der Waals surface area contributed by atoms with Crippen molar-refractivity contribution < 1.29 is 32.6 Å². The first-order valence-electron chi connectivity index (χ1n) is 15.4. The largest absolute Gasteiger partial charge is 0.493 e. The summed E-state index contributed by atoms with van der Waals surface area (Å²) in [5, 5.41) is 5.90. The first-order chi connectivity index (χ1) is 22.3. The molecule has 242 valence electrons. The van der Waals surface area contributed by atoms with Crippen LogP contribution in [0.15, 0.2) is 66.9 Å². The molecule has 1 heterocycles. The molecule has 46 heavy (non-hydrogen) atoms. The second-order valence-corrected chi connectivity index (χ2v) is 11.7. The van der Waals surface area contributed by atoms with Crippen LogP contribution >= 0.6 is 12.6 Å². The van der Waals surface area contributed by atoms with E-state index in [1.165, 1.54) is 49.2 Å². The lowest BCUT2D eigenvalue weighted by Crippen LogP contribution is -2.35. The first kappa shape index (κ1) is 33.0. The molecule has 4 aromatic rings. The Bertz CT molecular complexity index is 1680. The zero-order chi connectivity index (χ0) is 32.5. The molecular weight excluding hydrogens is 612 g/mol. The van der Waals surface area contributed by atoms with E-state index in [-0.39, 0.29) is 11.4 Å². The number of aromatic nitrogens is 1. The van der Waals surface area contributed by atoms with E-state index in [1.807, 2.05) is 0 Å². The monoisotopic (exact) mass is 649 g/mol. The van der Waals surface area contributed by atoms with Gasteiger partial charge in [-0.15, -0.1) is 0 Å². The Morgan fingerprint density at radius 2 is 1.48 bits per heavy atom. The Morgan fingerprint density at radius 1 is 0.804 bits per heavy atom. The van der Waals surface area contributed by atoms with Gasteiger partial charge in [-0.25, -0.2) is 8.78 Å². The molecule has 1 aliphatic carbocycles. The smallest absolute Gasteiger partial charge is 0.240 e. The molecule has 0 radical (unpaired) electrons. The molecule has 1 saturated carbocycles. The third kappa shape index (κ3) is 8.06. The van der Waals surface area contributed by atoms with Gasteiger partial charge in [0.05, 0.1) is 19.2 Å². The van der Waals surface area contributed by atoms with Crippen LogP contribution in [0.25, 0.3) is 10.9 Å². The van der Waals surface area contributed by atoms with Crippen molar-refractivity contribution in [3.8, 4) is 23.0 Å². The van der Waals surface area contributed by atoms with E-state index in [0.29, 0.717) is 53.3 Å².